The summed E-state index contributed by atoms with van der Waals surface area (Å²) in [5.74, 6) is 0.0729. The molecule has 2 heterocycles. The molecule has 1 amide bonds. The fourth-order valence-electron chi connectivity index (χ4n) is 2.01. The lowest BCUT2D eigenvalue weighted by molar-refractivity contribution is 0.0937. The average Bonchev–Trinajstić information content (AvgIpc) is 2.64. The average molecular weight is 162 g/mol. The number of rotatable bonds is 0. The zero-order valence-electron chi connectivity index (χ0n) is 6.68. The highest BCUT2D eigenvalue weighted by molar-refractivity contribution is 5.97. The van der Waals surface area contributed by atoms with Gasteiger partial charge in [-0.25, -0.2) is 0 Å². The van der Waals surface area contributed by atoms with E-state index in [0.29, 0.717) is 0 Å². The van der Waals surface area contributed by atoms with Crippen molar-refractivity contribution in [3.63, 3.8) is 0 Å². The topological polar surface area (TPSA) is 44.9 Å². The molecule has 1 fully saturated rings. The first kappa shape index (κ1) is 6.29. The summed E-state index contributed by atoms with van der Waals surface area (Å²) in [6.07, 6.45) is 4.28. The van der Waals surface area contributed by atoms with Crippen LogP contribution in [0.4, 0.5) is 0 Å². The molecule has 3 rings (SSSR count). The molecule has 1 saturated carbocycles. The highest BCUT2D eigenvalue weighted by Gasteiger charge is 2.49. The van der Waals surface area contributed by atoms with E-state index in [4.69, 9.17) is 0 Å². The van der Waals surface area contributed by atoms with Crippen molar-refractivity contribution in [3.05, 3.63) is 23.5 Å². The fraction of sp³-hybridized carbons (Fsp3) is 0.444. The molecular formula is C9H10N2O. The third-order valence-electron chi connectivity index (χ3n) is 2.96. The number of H-pyrrole nitrogens is 1. The predicted octanol–water partition coefficient (Wildman–Crippen LogP) is 0.790. The molecule has 0 saturated heterocycles. The van der Waals surface area contributed by atoms with Crippen LogP contribution in [0.1, 0.15) is 28.9 Å². The lowest BCUT2D eigenvalue weighted by atomic mass is 9.95. The van der Waals surface area contributed by atoms with Gasteiger partial charge in [-0.1, -0.05) is 0 Å². The van der Waals surface area contributed by atoms with E-state index in [0.717, 1.165) is 17.8 Å². The molecule has 2 aliphatic rings. The van der Waals surface area contributed by atoms with Crippen molar-refractivity contribution in [2.24, 2.45) is 0 Å². The quantitative estimate of drug-likeness (QED) is 0.582. The van der Waals surface area contributed by atoms with E-state index in [9.17, 15) is 4.79 Å². The second-order valence-electron chi connectivity index (χ2n) is 3.73. The maximum absolute atomic E-state index is 11.3. The van der Waals surface area contributed by atoms with Crippen LogP contribution in [-0.2, 0) is 5.41 Å². The van der Waals surface area contributed by atoms with E-state index < -0.39 is 0 Å². The van der Waals surface area contributed by atoms with E-state index in [2.05, 4.69) is 10.3 Å². The Labute approximate surface area is 70.2 Å². The largest absolute Gasteiger partial charge is 0.364 e. The Morgan fingerprint density at radius 1 is 1.42 bits per heavy atom. The van der Waals surface area contributed by atoms with Gasteiger partial charge in [0.25, 0.3) is 5.91 Å². The van der Waals surface area contributed by atoms with Crippen LogP contribution < -0.4 is 5.32 Å². The number of carbonyl (C=O) groups is 1. The summed E-state index contributed by atoms with van der Waals surface area (Å²) >= 11 is 0. The molecule has 1 aromatic heterocycles. The third-order valence-corrected chi connectivity index (χ3v) is 2.96. The highest BCUT2D eigenvalue weighted by Crippen LogP contribution is 2.49. The Balaban J connectivity index is 2.20. The summed E-state index contributed by atoms with van der Waals surface area (Å²) < 4.78 is 0. The van der Waals surface area contributed by atoms with Crippen molar-refractivity contribution < 1.29 is 4.79 Å². The number of amides is 1. The number of hydrogen-bond donors (Lipinski definition) is 2. The molecule has 0 unspecified atom stereocenters. The molecule has 0 atom stereocenters. The zero-order valence-corrected chi connectivity index (χ0v) is 6.68. The lowest BCUT2D eigenvalue weighted by Crippen LogP contribution is -2.38. The van der Waals surface area contributed by atoms with Gasteiger partial charge in [0.05, 0.1) is 5.56 Å². The Kier molecular flexibility index (Phi) is 0.908. The smallest absolute Gasteiger partial charge is 0.253 e. The van der Waals surface area contributed by atoms with Crippen molar-refractivity contribution >= 4 is 5.91 Å². The predicted molar refractivity (Wildman–Crippen MR) is 44.0 cm³/mol. The van der Waals surface area contributed by atoms with Gasteiger partial charge in [0.1, 0.15) is 0 Å². The van der Waals surface area contributed by atoms with Crippen molar-refractivity contribution in [3.8, 4) is 0 Å². The molecule has 0 bridgehead atoms. The third kappa shape index (κ3) is 0.594. The molecular weight excluding hydrogens is 152 g/mol. The van der Waals surface area contributed by atoms with Crippen LogP contribution in [-0.4, -0.2) is 17.4 Å². The van der Waals surface area contributed by atoms with Gasteiger partial charge in [0.15, 0.2) is 0 Å². The van der Waals surface area contributed by atoms with Crippen molar-refractivity contribution in [2.75, 3.05) is 6.54 Å². The molecule has 0 aromatic carbocycles. The van der Waals surface area contributed by atoms with Gasteiger partial charge in [0.2, 0.25) is 0 Å². The number of aromatic nitrogens is 1. The van der Waals surface area contributed by atoms with Gasteiger partial charge in [-0.05, 0) is 18.9 Å². The van der Waals surface area contributed by atoms with E-state index in [1.165, 1.54) is 12.8 Å². The van der Waals surface area contributed by atoms with Crippen molar-refractivity contribution in [2.45, 2.75) is 18.3 Å². The molecule has 1 aromatic rings. The summed E-state index contributed by atoms with van der Waals surface area (Å²) in [5, 5.41) is 2.92. The SMILES string of the molecule is O=C1NCC2(CC2)c2[nH]ccc21. The van der Waals surface area contributed by atoms with E-state index >= 15 is 0 Å². The zero-order chi connectivity index (χ0) is 8.18. The first-order valence-electron chi connectivity index (χ1n) is 4.28. The number of fused-ring (bicyclic) bond motifs is 2. The molecule has 12 heavy (non-hydrogen) atoms. The summed E-state index contributed by atoms with van der Waals surface area (Å²) in [6.45, 7) is 0.819. The normalized spacial score (nSPS) is 23.5. The standard InChI is InChI=1S/C9H10N2O/c12-8-6-1-4-10-7(6)9(2-3-9)5-11-8/h1,4,10H,2-3,5H2,(H,11,12). The lowest BCUT2D eigenvalue weighted by Gasteiger charge is -2.21. The van der Waals surface area contributed by atoms with Gasteiger partial charge in [0, 0.05) is 23.9 Å². The van der Waals surface area contributed by atoms with Crippen LogP contribution in [0.2, 0.25) is 0 Å². The minimum Gasteiger partial charge on any atom is -0.364 e. The van der Waals surface area contributed by atoms with Crippen molar-refractivity contribution in [1.82, 2.24) is 10.3 Å². The maximum atomic E-state index is 11.3. The van der Waals surface area contributed by atoms with Crippen LogP contribution in [0, 0.1) is 0 Å². The molecule has 1 aliphatic carbocycles. The first-order valence-corrected chi connectivity index (χ1v) is 4.28. The molecule has 3 nitrogen and oxygen atoms in total. The van der Waals surface area contributed by atoms with Crippen LogP contribution in [0.3, 0.4) is 0 Å². The van der Waals surface area contributed by atoms with Crippen LogP contribution in [0.25, 0.3) is 0 Å². The molecule has 0 radical (unpaired) electrons. The van der Waals surface area contributed by atoms with Gasteiger partial charge < -0.3 is 10.3 Å². The van der Waals surface area contributed by atoms with Crippen LogP contribution in [0.15, 0.2) is 12.3 Å². The minimum atomic E-state index is 0.0729. The maximum Gasteiger partial charge on any atom is 0.253 e. The molecule has 62 valence electrons. The van der Waals surface area contributed by atoms with E-state index in [1.54, 1.807) is 0 Å². The van der Waals surface area contributed by atoms with Gasteiger partial charge >= 0.3 is 0 Å². The van der Waals surface area contributed by atoms with Crippen LogP contribution >= 0.6 is 0 Å². The highest BCUT2D eigenvalue weighted by atomic mass is 16.1. The van der Waals surface area contributed by atoms with E-state index in [-0.39, 0.29) is 11.3 Å². The Hall–Kier alpha value is -1.25. The van der Waals surface area contributed by atoms with Gasteiger partial charge in [-0.15, -0.1) is 0 Å². The molecule has 1 aliphatic heterocycles. The summed E-state index contributed by atoms with van der Waals surface area (Å²) in [4.78, 5) is 14.5. The van der Waals surface area contributed by atoms with Crippen LogP contribution in [0.5, 0.6) is 0 Å². The Morgan fingerprint density at radius 3 is 3.00 bits per heavy atom. The summed E-state index contributed by atoms with van der Waals surface area (Å²) in [5.41, 5.74) is 2.29. The number of aromatic amines is 1. The summed E-state index contributed by atoms with van der Waals surface area (Å²) in [7, 11) is 0. The number of nitrogens with one attached hydrogen (secondary N) is 2. The number of carbonyl (C=O) groups excluding carboxylic acids is 1. The van der Waals surface area contributed by atoms with Gasteiger partial charge in [-0.2, -0.15) is 0 Å². The molecule has 2 N–H and O–H groups in total. The second-order valence-corrected chi connectivity index (χ2v) is 3.73. The minimum absolute atomic E-state index is 0.0729. The second kappa shape index (κ2) is 1.73. The monoisotopic (exact) mass is 162 g/mol. The fourth-order valence-corrected chi connectivity index (χ4v) is 2.01. The Bertz CT molecular complexity index is 349. The van der Waals surface area contributed by atoms with Gasteiger partial charge in [-0.3, -0.25) is 4.79 Å². The molecule has 3 heteroatoms. The Morgan fingerprint density at radius 2 is 2.25 bits per heavy atom. The molecule has 1 spiro atoms. The van der Waals surface area contributed by atoms with E-state index in [1.807, 2.05) is 12.3 Å². The number of hydrogen-bond acceptors (Lipinski definition) is 1. The van der Waals surface area contributed by atoms with Crippen molar-refractivity contribution in [1.29, 1.82) is 0 Å². The first-order chi connectivity index (χ1) is 5.82. The summed E-state index contributed by atoms with van der Waals surface area (Å²) in [6, 6.07) is 1.86.